The van der Waals surface area contributed by atoms with Crippen LogP contribution in [0.15, 0.2) is 35.9 Å². The van der Waals surface area contributed by atoms with Gasteiger partial charge in [-0.3, -0.25) is 4.79 Å². The van der Waals surface area contributed by atoms with Gasteiger partial charge in [-0.15, -0.1) is 0 Å². The highest BCUT2D eigenvalue weighted by Crippen LogP contribution is 2.68. The molecule has 3 saturated carbocycles. The Labute approximate surface area is 207 Å². The number of hydrogen-bond donors (Lipinski definition) is 0. The molecule has 0 bridgehead atoms. The fraction of sp³-hybridized carbons (Fsp3) is 0.710. The fourth-order valence-electron chi connectivity index (χ4n) is 9.93. The zero-order chi connectivity index (χ0) is 23.8. The summed E-state index contributed by atoms with van der Waals surface area (Å²) in [7, 11) is 4.62. The molecular formula is C31H44N2O. The van der Waals surface area contributed by atoms with Gasteiger partial charge < -0.3 is 9.80 Å². The van der Waals surface area contributed by atoms with Crippen molar-refractivity contribution in [2.75, 3.05) is 25.5 Å². The first kappa shape index (κ1) is 22.8. The fourth-order valence-corrected chi connectivity index (χ4v) is 9.93. The summed E-state index contributed by atoms with van der Waals surface area (Å²) in [5.41, 5.74) is 4.78. The van der Waals surface area contributed by atoms with E-state index in [1.807, 2.05) is 12.1 Å². The summed E-state index contributed by atoms with van der Waals surface area (Å²) in [4.78, 5) is 17.0. The molecule has 8 atom stereocenters. The first-order valence-corrected chi connectivity index (χ1v) is 14.0. The summed E-state index contributed by atoms with van der Waals surface area (Å²) >= 11 is 0. The topological polar surface area (TPSA) is 23.6 Å². The van der Waals surface area contributed by atoms with Crippen LogP contribution < -0.4 is 4.90 Å². The molecule has 0 radical (unpaired) electrons. The Morgan fingerprint density at radius 2 is 1.88 bits per heavy atom. The average molecular weight is 461 g/mol. The third kappa shape index (κ3) is 3.14. The van der Waals surface area contributed by atoms with Gasteiger partial charge >= 0.3 is 0 Å². The summed E-state index contributed by atoms with van der Waals surface area (Å²) in [5.74, 6) is 3.84. The summed E-state index contributed by atoms with van der Waals surface area (Å²) < 4.78 is 0. The molecule has 1 spiro atoms. The molecule has 4 aliphatic carbocycles. The van der Waals surface area contributed by atoms with Gasteiger partial charge in [-0.05, 0) is 119 Å². The molecule has 1 heterocycles. The molecule has 6 rings (SSSR count). The van der Waals surface area contributed by atoms with Gasteiger partial charge in [0.15, 0.2) is 5.78 Å². The number of fused-ring (bicyclic) bond motifs is 4. The number of Topliss-reactive ketones (excluding diaryl/α,β-unsaturated/α-hetero) is 1. The van der Waals surface area contributed by atoms with E-state index < -0.39 is 0 Å². The van der Waals surface area contributed by atoms with Gasteiger partial charge in [0.1, 0.15) is 0 Å². The Morgan fingerprint density at radius 3 is 2.68 bits per heavy atom. The molecule has 1 aromatic carbocycles. The van der Waals surface area contributed by atoms with Crippen molar-refractivity contribution in [3.63, 3.8) is 0 Å². The maximum absolute atomic E-state index is 11.9. The second-order valence-corrected chi connectivity index (χ2v) is 13.0. The number of rotatable bonds is 3. The molecule has 0 N–H and O–H groups in total. The van der Waals surface area contributed by atoms with Crippen LogP contribution in [-0.2, 0) is 0 Å². The number of allylic oxidation sites excluding steroid dienone is 1. The minimum atomic E-state index is 0.152. The Bertz CT molecular complexity index is 1010. The second-order valence-electron chi connectivity index (χ2n) is 13.0. The number of likely N-dealkylation sites (tertiary alicyclic amines) is 1. The Kier molecular flexibility index (Phi) is 5.34. The van der Waals surface area contributed by atoms with Crippen LogP contribution >= 0.6 is 0 Å². The number of ketones is 1. The van der Waals surface area contributed by atoms with Crippen molar-refractivity contribution in [2.45, 2.75) is 84.2 Å². The van der Waals surface area contributed by atoms with E-state index in [-0.39, 0.29) is 5.78 Å². The van der Waals surface area contributed by atoms with Gasteiger partial charge in [0.2, 0.25) is 0 Å². The maximum Gasteiger partial charge on any atom is 0.159 e. The lowest BCUT2D eigenvalue weighted by molar-refractivity contribution is -0.0398. The molecule has 0 unspecified atom stereocenters. The van der Waals surface area contributed by atoms with Crippen molar-refractivity contribution < 1.29 is 4.79 Å². The van der Waals surface area contributed by atoms with Crippen LogP contribution in [0.3, 0.4) is 0 Å². The average Bonchev–Trinajstić information content (AvgIpc) is 3.31. The minimum absolute atomic E-state index is 0.152. The number of carbonyl (C=O) groups excluding carboxylic acids is 1. The summed E-state index contributed by atoms with van der Waals surface area (Å²) in [6.07, 6.45) is 13.7. The minimum Gasteiger partial charge on any atom is -0.371 e. The molecule has 0 amide bonds. The number of benzene rings is 1. The van der Waals surface area contributed by atoms with E-state index in [9.17, 15) is 4.79 Å². The number of hydrogen-bond acceptors (Lipinski definition) is 3. The lowest BCUT2D eigenvalue weighted by Gasteiger charge is -2.58. The van der Waals surface area contributed by atoms with Gasteiger partial charge in [-0.2, -0.15) is 0 Å². The zero-order valence-corrected chi connectivity index (χ0v) is 22.0. The van der Waals surface area contributed by atoms with E-state index in [4.69, 9.17) is 0 Å². The Hall–Kier alpha value is -1.61. The highest BCUT2D eigenvalue weighted by molar-refractivity contribution is 5.95. The van der Waals surface area contributed by atoms with Crippen LogP contribution in [0, 0.1) is 34.5 Å². The standard InChI is InChI=1S/C31H44N2O/c1-20-27-11-12-29-26-10-9-23-18-25(33(5)24-8-6-7-22(17-24)21(2)34)13-15-30(23,3)28(26)14-16-31(27,29)19-32(20)4/h6-9,17,20,25-29H,10-16,18-19H2,1-5H3/t20-,25-,26+,27+,28-,29-,30-,31-/m0/s1. The number of anilines is 1. The van der Waals surface area contributed by atoms with E-state index in [1.54, 1.807) is 12.5 Å². The van der Waals surface area contributed by atoms with Crippen LogP contribution in [0.4, 0.5) is 5.69 Å². The molecule has 1 aromatic rings. The Morgan fingerprint density at radius 1 is 1.09 bits per heavy atom. The van der Waals surface area contributed by atoms with Crippen molar-refractivity contribution in [3.8, 4) is 0 Å². The quantitative estimate of drug-likeness (QED) is 0.376. The van der Waals surface area contributed by atoms with Gasteiger partial charge in [0.05, 0.1) is 0 Å². The van der Waals surface area contributed by atoms with Gasteiger partial charge in [0, 0.05) is 36.9 Å². The van der Waals surface area contributed by atoms with Crippen molar-refractivity contribution in [2.24, 2.45) is 34.5 Å². The van der Waals surface area contributed by atoms with Crippen molar-refractivity contribution in [1.29, 1.82) is 0 Å². The highest BCUT2D eigenvalue weighted by atomic mass is 16.1. The van der Waals surface area contributed by atoms with Crippen molar-refractivity contribution in [3.05, 3.63) is 41.5 Å². The molecule has 4 fully saturated rings. The normalized spacial score (nSPS) is 43.4. The third-order valence-electron chi connectivity index (χ3n) is 11.9. The molecule has 1 saturated heterocycles. The monoisotopic (exact) mass is 460 g/mol. The lowest BCUT2D eigenvalue weighted by Crippen LogP contribution is -2.52. The van der Waals surface area contributed by atoms with E-state index >= 15 is 0 Å². The van der Waals surface area contributed by atoms with E-state index in [0.717, 1.165) is 35.3 Å². The van der Waals surface area contributed by atoms with Gasteiger partial charge in [-0.1, -0.05) is 30.7 Å². The lowest BCUT2D eigenvalue weighted by atomic mass is 9.47. The SMILES string of the molecule is CC(=O)c1cccc(N(C)[C@H]2CC[C@@]3(C)C(=CC[C@H]4[C@@H]5CC[C@@H]6[C@H](C)N(C)C[C@@]65CC[C@@H]43)C2)c1. The van der Waals surface area contributed by atoms with Crippen LogP contribution in [0.2, 0.25) is 0 Å². The maximum atomic E-state index is 11.9. The van der Waals surface area contributed by atoms with Crippen LogP contribution in [0.25, 0.3) is 0 Å². The Balaban J connectivity index is 1.23. The highest BCUT2D eigenvalue weighted by Gasteiger charge is 2.64. The van der Waals surface area contributed by atoms with Gasteiger partial charge in [-0.25, -0.2) is 0 Å². The van der Waals surface area contributed by atoms with E-state index in [2.05, 4.69) is 56.0 Å². The predicted octanol–water partition coefficient (Wildman–Crippen LogP) is 6.59. The van der Waals surface area contributed by atoms with Crippen LogP contribution in [-0.4, -0.2) is 43.4 Å². The number of carbonyl (C=O) groups is 1. The molecule has 184 valence electrons. The largest absolute Gasteiger partial charge is 0.371 e. The molecule has 3 heteroatoms. The predicted molar refractivity (Wildman–Crippen MR) is 140 cm³/mol. The van der Waals surface area contributed by atoms with Crippen molar-refractivity contribution >= 4 is 11.5 Å². The second kappa shape index (κ2) is 7.95. The van der Waals surface area contributed by atoms with E-state index in [0.29, 0.717) is 16.9 Å². The molecule has 34 heavy (non-hydrogen) atoms. The molecule has 5 aliphatic rings. The third-order valence-corrected chi connectivity index (χ3v) is 11.9. The number of nitrogens with zero attached hydrogens (tertiary/aromatic N) is 2. The smallest absolute Gasteiger partial charge is 0.159 e. The molecular weight excluding hydrogens is 416 g/mol. The molecule has 3 nitrogen and oxygen atoms in total. The van der Waals surface area contributed by atoms with Crippen molar-refractivity contribution in [1.82, 2.24) is 4.90 Å². The first-order valence-electron chi connectivity index (χ1n) is 14.0. The first-order chi connectivity index (χ1) is 16.2. The molecule has 0 aromatic heterocycles. The summed E-state index contributed by atoms with van der Waals surface area (Å²) in [5, 5.41) is 0. The summed E-state index contributed by atoms with van der Waals surface area (Å²) in [6.45, 7) is 8.15. The zero-order valence-electron chi connectivity index (χ0n) is 22.0. The molecule has 1 aliphatic heterocycles. The summed E-state index contributed by atoms with van der Waals surface area (Å²) in [6, 6.07) is 9.54. The van der Waals surface area contributed by atoms with Crippen LogP contribution in [0.1, 0.15) is 82.5 Å². The van der Waals surface area contributed by atoms with Crippen LogP contribution in [0.5, 0.6) is 0 Å². The van der Waals surface area contributed by atoms with E-state index in [1.165, 1.54) is 63.6 Å². The van der Waals surface area contributed by atoms with Gasteiger partial charge in [0.25, 0.3) is 0 Å².